The fraction of sp³-hybridized carbons (Fsp3) is 0. The highest BCUT2D eigenvalue weighted by atomic mass is 15.0. The minimum atomic E-state index is 0.978. The molecule has 10 rings (SSSR count). The van der Waals surface area contributed by atoms with Gasteiger partial charge in [0.1, 0.15) is 0 Å². The molecule has 0 spiro atoms. The number of fused-ring (bicyclic) bond motifs is 9. The van der Waals surface area contributed by atoms with Crippen molar-refractivity contribution < 1.29 is 0 Å². The lowest BCUT2D eigenvalue weighted by atomic mass is 9.91. The molecule has 0 aliphatic carbocycles. The first-order chi connectivity index (χ1) is 24.3. The van der Waals surface area contributed by atoms with Crippen LogP contribution in [0.4, 0.5) is 0 Å². The van der Waals surface area contributed by atoms with Crippen LogP contribution >= 0.6 is 0 Å². The lowest BCUT2D eigenvalue weighted by Gasteiger charge is -2.13. The molecular formula is C47H30N2. The number of aromatic nitrogens is 2. The predicted octanol–water partition coefficient (Wildman–Crippen LogP) is 12.6. The Balaban J connectivity index is 1.14. The topological polar surface area (TPSA) is 17.8 Å². The summed E-state index contributed by atoms with van der Waals surface area (Å²) >= 11 is 0. The lowest BCUT2D eigenvalue weighted by molar-refractivity contribution is 1.18. The van der Waals surface area contributed by atoms with Crippen molar-refractivity contribution in [1.82, 2.24) is 9.55 Å². The second kappa shape index (κ2) is 11.0. The van der Waals surface area contributed by atoms with E-state index in [0.29, 0.717) is 0 Å². The molecule has 0 atom stereocenters. The molecule has 2 heterocycles. The van der Waals surface area contributed by atoms with Gasteiger partial charge in [-0.3, -0.25) is 4.98 Å². The molecule has 0 aliphatic heterocycles. The van der Waals surface area contributed by atoms with Crippen molar-refractivity contribution in [2.75, 3.05) is 0 Å². The van der Waals surface area contributed by atoms with E-state index in [1.54, 1.807) is 0 Å². The maximum atomic E-state index is 4.64. The van der Waals surface area contributed by atoms with Gasteiger partial charge in [-0.1, -0.05) is 133 Å². The Labute approximate surface area is 284 Å². The lowest BCUT2D eigenvalue weighted by Crippen LogP contribution is -1.95. The van der Waals surface area contributed by atoms with Crippen LogP contribution in [0.25, 0.3) is 93.3 Å². The largest absolute Gasteiger partial charge is 0.309 e. The van der Waals surface area contributed by atoms with Gasteiger partial charge < -0.3 is 4.57 Å². The van der Waals surface area contributed by atoms with Crippen molar-refractivity contribution in [2.24, 2.45) is 0 Å². The van der Waals surface area contributed by atoms with Crippen LogP contribution in [0, 0.1) is 0 Å². The Morgan fingerprint density at radius 1 is 0.347 bits per heavy atom. The molecule has 0 fully saturated rings. The SMILES string of the molecule is c1ccc(-n2c3ccc(-c4ccccn4)cc3c3cccc(-c4ccc(-c5ccc6c7ccccc7c7ccccc7c6c5)cc4)c32)cc1. The first-order valence-electron chi connectivity index (χ1n) is 16.8. The fourth-order valence-corrected chi connectivity index (χ4v) is 7.77. The van der Waals surface area contributed by atoms with Gasteiger partial charge in [-0.15, -0.1) is 0 Å². The molecule has 0 radical (unpaired) electrons. The maximum absolute atomic E-state index is 4.64. The van der Waals surface area contributed by atoms with Gasteiger partial charge in [0.05, 0.1) is 16.7 Å². The fourth-order valence-electron chi connectivity index (χ4n) is 7.77. The second-order valence-corrected chi connectivity index (χ2v) is 12.7. The molecule has 0 amide bonds. The molecule has 49 heavy (non-hydrogen) atoms. The average molecular weight is 623 g/mol. The summed E-state index contributed by atoms with van der Waals surface area (Å²) in [6.07, 6.45) is 1.86. The maximum Gasteiger partial charge on any atom is 0.0702 e. The Morgan fingerprint density at radius 2 is 0.918 bits per heavy atom. The van der Waals surface area contributed by atoms with E-state index in [2.05, 4.69) is 173 Å². The van der Waals surface area contributed by atoms with E-state index in [9.17, 15) is 0 Å². The number of para-hydroxylation sites is 2. The molecule has 0 aliphatic rings. The van der Waals surface area contributed by atoms with Crippen LogP contribution in [-0.2, 0) is 0 Å². The molecular weight excluding hydrogens is 593 g/mol. The van der Waals surface area contributed by atoms with Crippen LogP contribution in [0.1, 0.15) is 0 Å². The summed E-state index contributed by atoms with van der Waals surface area (Å²) in [6.45, 7) is 0. The third-order valence-electron chi connectivity index (χ3n) is 10.0. The molecule has 8 aromatic carbocycles. The van der Waals surface area contributed by atoms with Crippen molar-refractivity contribution in [1.29, 1.82) is 0 Å². The van der Waals surface area contributed by atoms with Crippen molar-refractivity contribution in [2.45, 2.75) is 0 Å². The third kappa shape index (κ3) is 4.38. The normalized spacial score (nSPS) is 11.7. The molecule has 0 saturated heterocycles. The van der Waals surface area contributed by atoms with Crippen LogP contribution in [0.5, 0.6) is 0 Å². The Kier molecular flexibility index (Phi) is 6.22. The van der Waals surface area contributed by atoms with E-state index in [1.807, 2.05) is 18.3 Å². The highest BCUT2D eigenvalue weighted by Crippen LogP contribution is 2.41. The summed E-state index contributed by atoms with van der Waals surface area (Å²) in [5, 5.41) is 10.2. The van der Waals surface area contributed by atoms with Crippen LogP contribution < -0.4 is 0 Å². The zero-order valence-corrected chi connectivity index (χ0v) is 26.7. The van der Waals surface area contributed by atoms with Gasteiger partial charge in [-0.25, -0.2) is 0 Å². The van der Waals surface area contributed by atoms with E-state index in [1.165, 1.54) is 76.4 Å². The van der Waals surface area contributed by atoms with E-state index in [0.717, 1.165) is 16.9 Å². The molecule has 0 bridgehead atoms. The summed E-state index contributed by atoms with van der Waals surface area (Å²) in [5.41, 5.74) is 10.5. The van der Waals surface area contributed by atoms with Gasteiger partial charge >= 0.3 is 0 Å². The zero-order chi connectivity index (χ0) is 32.3. The number of hydrogen-bond donors (Lipinski definition) is 0. The van der Waals surface area contributed by atoms with Crippen molar-refractivity contribution in [3.8, 4) is 39.2 Å². The summed E-state index contributed by atoms with van der Waals surface area (Å²) < 4.78 is 2.41. The molecule has 2 heteroatoms. The van der Waals surface area contributed by atoms with Gasteiger partial charge in [0.2, 0.25) is 0 Å². The van der Waals surface area contributed by atoms with Crippen LogP contribution in [0.2, 0.25) is 0 Å². The number of hydrogen-bond acceptors (Lipinski definition) is 1. The highest BCUT2D eigenvalue weighted by molar-refractivity contribution is 6.25. The molecule has 0 unspecified atom stereocenters. The smallest absolute Gasteiger partial charge is 0.0702 e. The van der Waals surface area contributed by atoms with Crippen molar-refractivity contribution in [3.05, 3.63) is 182 Å². The zero-order valence-electron chi connectivity index (χ0n) is 26.7. The van der Waals surface area contributed by atoms with Gasteiger partial charge in [0, 0.05) is 33.8 Å². The van der Waals surface area contributed by atoms with Crippen LogP contribution in [0.15, 0.2) is 182 Å². The minimum Gasteiger partial charge on any atom is -0.309 e. The summed E-state index contributed by atoms with van der Waals surface area (Å²) in [5.74, 6) is 0. The summed E-state index contributed by atoms with van der Waals surface area (Å²) in [6, 6.07) is 63.7. The molecule has 0 saturated carbocycles. The summed E-state index contributed by atoms with van der Waals surface area (Å²) in [4.78, 5) is 4.64. The quantitative estimate of drug-likeness (QED) is 0.179. The number of nitrogens with zero attached hydrogens (tertiary/aromatic N) is 2. The van der Waals surface area contributed by atoms with E-state index < -0.39 is 0 Å². The number of benzene rings is 8. The molecule has 228 valence electrons. The average Bonchev–Trinajstić information content (AvgIpc) is 3.52. The van der Waals surface area contributed by atoms with Gasteiger partial charge in [0.15, 0.2) is 0 Å². The summed E-state index contributed by atoms with van der Waals surface area (Å²) in [7, 11) is 0. The Bertz CT molecular complexity index is 2810. The van der Waals surface area contributed by atoms with Gasteiger partial charge in [-0.2, -0.15) is 0 Å². The standard InChI is InChI=1S/C47H30N2/c1-2-11-35(12-3-1)49-46-27-25-34(45-19-8-9-28-48-45)30-44(46)42-18-10-17-36(47(42)49)32-22-20-31(21-23-32)33-24-26-41-39-15-5-4-13-37(39)38-14-6-7-16-40(38)43(41)29-33/h1-30H. The monoisotopic (exact) mass is 622 g/mol. The first kappa shape index (κ1) is 27.6. The van der Waals surface area contributed by atoms with Gasteiger partial charge in [0.25, 0.3) is 0 Å². The van der Waals surface area contributed by atoms with Crippen molar-refractivity contribution >= 4 is 54.1 Å². The Hall–Kier alpha value is -6.51. The Morgan fingerprint density at radius 3 is 1.63 bits per heavy atom. The van der Waals surface area contributed by atoms with E-state index in [4.69, 9.17) is 0 Å². The van der Waals surface area contributed by atoms with Crippen LogP contribution in [0.3, 0.4) is 0 Å². The van der Waals surface area contributed by atoms with Gasteiger partial charge in [-0.05, 0) is 91.5 Å². The molecule has 10 aromatic rings. The number of rotatable bonds is 4. The third-order valence-corrected chi connectivity index (χ3v) is 10.0. The van der Waals surface area contributed by atoms with Crippen molar-refractivity contribution in [3.63, 3.8) is 0 Å². The number of pyridine rings is 1. The van der Waals surface area contributed by atoms with E-state index >= 15 is 0 Å². The first-order valence-corrected chi connectivity index (χ1v) is 16.8. The predicted molar refractivity (Wildman–Crippen MR) is 207 cm³/mol. The highest BCUT2D eigenvalue weighted by Gasteiger charge is 2.18. The molecule has 2 aromatic heterocycles. The van der Waals surface area contributed by atoms with Crippen LogP contribution in [-0.4, -0.2) is 9.55 Å². The molecule has 2 nitrogen and oxygen atoms in total. The minimum absolute atomic E-state index is 0.978. The molecule has 0 N–H and O–H groups in total. The second-order valence-electron chi connectivity index (χ2n) is 12.7. The van der Waals surface area contributed by atoms with E-state index in [-0.39, 0.29) is 0 Å².